The van der Waals surface area contributed by atoms with Crippen LogP contribution in [0.4, 0.5) is 0 Å². The second-order valence-electron chi connectivity index (χ2n) is 6.11. The van der Waals surface area contributed by atoms with E-state index in [4.69, 9.17) is 16.3 Å². The maximum atomic E-state index is 13.1. The van der Waals surface area contributed by atoms with Crippen molar-refractivity contribution in [1.82, 2.24) is 9.62 Å². The first-order valence-corrected chi connectivity index (χ1v) is 10.9. The van der Waals surface area contributed by atoms with Gasteiger partial charge in [0.1, 0.15) is 0 Å². The average Bonchev–Trinajstić information content (AvgIpc) is 2.69. The SMILES string of the molecule is CCOCCCNC(=O)CN(Cc1ccc(Cl)cc1)S(=O)(=O)c1ccccc1. The first-order valence-electron chi connectivity index (χ1n) is 9.07. The largest absolute Gasteiger partial charge is 0.382 e. The summed E-state index contributed by atoms with van der Waals surface area (Å²) in [4.78, 5) is 12.5. The van der Waals surface area contributed by atoms with Crippen LogP contribution in [0.5, 0.6) is 0 Å². The third-order valence-electron chi connectivity index (χ3n) is 3.96. The molecule has 2 aromatic rings. The monoisotopic (exact) mass is 424 g/mol. The van der Waals surface area contributed by atoms with Gasteiger partial charge in [0.05, 0.1) is 11.4 Å². The molecule has 2 rings (SSSR count). The Morgan fingerprint density at radius 1 is 1.11 bits per heavy atom. The summed E-state index contributed by atoms with van der Waals surface area (Å²) in [5.41, 5.74) is 0.744. The lowest BCUT2D eigenvalue weighted by Gasteiger charge is -2.22. The van der Waals surface area contributed by atoms with E-state index in [1.165, 1.54) is 16.4 Å². The van der Waals surface area contributed by atoms with Gasteiger partial charge in [-0.15, -0.1) is 0 Å². The molecule has 0 bridgehead atoms. The highest BCUT2D eigenvalue weighted by Gasteiger charge is 2.26. The number of benzene rings is 2. The van der Waals surface area contributed by atoms with Gasteiger partial charge in [0, 0.05) is 31.3 Å². The number of carbonyl (C=O) groups is 1. The minimum Gasteiger partial charge on any atom is -0.382 e. The molecule has 28 heavy (non-hydrogen) atoms. The first kappa shape index (κ1) is 22.4. The summed E-state index contributed by atoms with van der Waals surface area (Å²) in [6.45, 7) is 3.31. The minimum absolute atomic E-state index is 0.0702. The number of nitrogens with zero attached hydrogens (tertiary/aromatic N) is 1. The van der Waals surface area contributed by atoms with Gasteiger partial charge in [-0.05, 0) is 43.2 Å². The quantitative estimate of drug-likeness (QED) is 0.562. The minimum atomic E-state index is -3.83. The van der Waals surface area contributed by atoms with Crippen LogP contribution in [0.25, 0.3) is 0 Å². The zero-order valence-corrected chi connectivity index (χ0v) is 17.4. The van der Waals surface area contributed by atoms with Gasteiger partial charge in [0.25, 0.3) is 0 Å². The van der Waals surface area contributed by atoms with Crippen LogP contribution < -0.4 is 5.32 Å². The molecule has 0 heterocycles. The fourth-order valence-corrected chi connectivity index (χ4v) is 4.05. The molecular formula is C20H25ClN2O4S. The third kappa shape index (κ3) is 6.91. The summed E-state index contributed by atoms with van der Waals surface area (Å²) in [6.07, 6.45) is 0.669. The van der Waals surface area contributed by atoms with E-state index in [1.54, 1.807) is 42.5 Å². The van der Waals surface area contributed by atoms with Gasteiger partial charge >= 0.3 is 0 Å². The molecule has 0 aromatic heterocycles. The second kappa shape index (κ2) is 11.2. The third-order valence-corrected chi connectivity index (χ3v) is 6.02. The van der Waals surface area contributed by atoms with Crippen LogP contribution in [-0.4, -0.2) is 44.9 Å². The predicted molar refractivity (Wildman–Crippen MR) is 110 cm³/mol. The van der Waals surface area contributed by atoms with Gasteiger partial charge in [-0.2, -0.15) is 4.31 Å². The van der Waals surface area contributed by atoms with E-state index in [9.17, 15) is 13.2 Å². The summed E-state index contributed by atoms with van der Waals surface area (Å²) in [5.74, 6) is -0.357. The fourth-order valence-electron chi connectivity index (χ4n) is 2.52. The summed E-state index contributed by atoms with van der Waals surface area (Å²) in [5, 5.41) is 3.31. The van der Waals surface area contributed by atoms with E-state index in [-0.39, 0.29) is 23.9 Å². The molecule has 0 aliphatic heterocycles. The van der Waals surface area contributed by atoms with E-state index in [0.717, 1.165) is 5.56 Å². The van der Waals surface area contributed by atoms with Gasteiger partial charge in [0.2, 0.25) is 15.9 Å². The zero-order valence-electron chi connectivity index (χ0n) is 15.8. The van der Waals surface area contributed by atoms with Gasteiger partial charge in [-0.25, -0.2) is 8.42 Å². The average molecular weight is 425 g/mol. The summed E-state index contributed by atoms with van der Waals surface area (Å²) in [7, 11) is -3.83. The predicted octanol–water partition coefficient (Wildman–Crippen LogP) is 3.07. The van der Waals surface area contributed by atoms with E-state index >= 15 is 0 Å². The standard InChI is InChI=1S/C20H25ClN2O4S/c1-2-27-14-6-13-22-20(24)16-23(15-17-9-11-18(21)12-10-17)28(25,26)19-7-4-3-5-8-19/h3-5,7-12H,2,6,13-16H2,1H3,(H,22,24). The molecule has 0 unspecified atom stereocenters. The van der Waals surface area contributed by atoms with Gasteiger partial charge in [-0.3, -0.25) is 4.79 Å². The Labute approximate surface area is 171 Å². The Balaban J connectivity index is 2.12. The number of nitrogens with one attached hydrogen (secondary N) is 1. The van der Waals surface area contributed by atoms with Crippen LogP contribution in [0, 0.1) is 0 Å². The number of ether oxygens (including phenoxy) is 1. The van der Waals surface area contributed by atoms with Crippen LogP contribution >= 0.6 is 11.6 Å². The molecule has 0 aliphatic carbocycles. The second-order valence-corrected chi connectivity index (χ2v) is 8.49. The van der Waals surface area contributed by atoms with Crippen molar-refractivity contribution < 1.29 is 17.9 Å². The maximum absolute atomic E-state index is 13.1. The molecule has 0 fully saturated rings. The summed E-state index contributed by atoms with van der Waals surface area (Å²) < 4.78 is 32.5. The highest BCUT2D eigenvalue weighted by atomic mass is 35.5. The molecular weight excluding hydrogens is 400 g/mol. The number of rotatable bonds is 11. The molecule has 2 aromatic carbocycles. The first-order chi connectivity index (χ1) is 13.4. The van der Waals surface area contributed by atoms with Gasteiger partial charge in [-0.1, -0.05) is 41.9 Å². The van der Waals surface area contributed by atoms with Crippen molar-refractivity contribution in [3.05, 3.63) is 65.2 Å². The zero-order chi connectivity index (χ0) is 20.4. The lowest BCUT2D eigenvalue weighted by atomic mass is 10.2. The van der Waals surface area contributed by atoms with Crippen LogP contribution in [0.3, 0.4) is 0 Å². The highest BCUT2D eigenvalue weighted by Crippen LogP contribution is 2.19. The normalized spacial score (nSPS) is 11.5. The van der Waals surface area contributed by atoms with Crippen LogP contribution in [-0.2, 0) is 26.1 Å². The lowest BCUT2D eigenvalue weighted by Crippen LogP contribution is -2.40. The number of hydrogen-bond donors (Lipinski definition) is 1. The summed E-state index contributed by atoms with van der Waals surface area (Å²) in [6, 6.07) is 15.0. The fraction of sp³-hybridized carbons (Fsp3) is 0.350. The van der Waals surface area contributed by atoms with Crippen LogP contribution in [0.2, 0.25) is 5.02 Å². The number of amides is 1. The van der Waals surface area contributed by atoms with Crippen molar-refractivity contribution in [2.24, 2.45) is 0 Å². The van der Waals surface area contributed by atoms with E-state index < -0.39 is 10.0 Å². The molecule has 152 valence electrons. The Morgan fingerprint density at radius 2 is 1.79 bits per heavy atom. The smallest absolute Gasteiger partial charge is 0.243 e. The summed E-state index contributed by atoms with van der Waals surface area (Å²) >= 11 is 5.91. The Bertz CT molecular complexity index is 842. The molecule has 6 nitrogen and oxygen atoms in total. The Kier molecular flexibility index (Phi) is 8.92. The molecule has 8 heteroatoms. The number of hydrogen-bond acceptors (Lipinski definition) is 4. The Hall–Kier alpha value is -1.93. The molecule has 0 radical (unpaired) electrons. The van der Waals surface area contributed by atoms with E-state index in [1.807, 2.05) is 6.92 Å². The molecule has 0 atom stereocenters. The van der Waals surface area contributed by atoms with Gasteiger partial charge < -0.3 is 10.1 Å². The van der Waals surface area contributed by atoms with E-state index in [2.05, 4.69) is 5.32 Å². The van der Waals surface area contributed by atoms with E-state index in [0.29, 0.717) is 31.2 Å². The number of halogens is 1. The Morgan fingerprint density at radius 3 is 2.43 bits per heavy atom. The number of sulfonamides is 1. The topological polar surface area (TPSA) is 75.7 Å². The highest BCUT2D eigenvalue weighted by molar-refractivity contribution is 7.89. The lowest BCUT2D eigenvalue weighted by molar-refractivity contribution is -0.121. The maximum Gasteiger partial charge on any atom is 0.243 e. The molecule has 1 N–H and O–H groups in total. The molecule has 0 spiro atoms. The number of carbonyl (C=O) groups excluding carboxylic acids is 1. The van der Waals surface area contributed by atoms with Crippen molar-refractivity contribution in [2.75, 3.05) is 26.3 Å². The molecule has 0 aliphatic rings. The van der Waals surface area contributed by atoms with Gasteiger partial charge in [0.15, 0.2) is 0 Å². The molecule has 0 saturated carbocycles. The van der Waals surface area contributed by atoms with Crippen LogP contribution in [0.15, 0.2) is 59.5 Å². The van der Waals surface area contributed by atoms with Crippen molar-refractivity contribution >= 4 is 27.5 Å². The molecule has 1 amide bonds. The van der Waals surface area contributed by atoms with Crippen LogP contribution in [0.1, 0.15) is 18.9 Å². The van der Waals surface area contributed by atoms with Crippen molar-refractivity contribution in [3.8, 4) is 0 Å². The van der Waals surface area contributed by atoms with Crippen molar-refractivity contribution in [3.63, 3.8) is 0 Å². The molecule has 0 saturated heterocycles. The van der Waals surface area contributed by atoms with Crippen molar-refractivity contribution in [1.29, 1.82) is 0 Å². The van der Waals surface area contributed by atoms with Crippen molar-refractivity contribution in [2.45, 2.75) is 24.8 Å².